The summed E-state index contributed by atoms with van der Waals surface area (Å²) in [6.45, 7) is 4.88. The second-order valence-corrected chi connectivity index (χ2v) is 7.16. The Hall–Kier alpha value is -3.72. The third-order valence-corrected chi connectivity index (χ3v) is 5.19. The minimum atomic E-state index is 0.230. The number of para-hydroxylation sites is 1. The highest BCUT2D eigenvalue weighted by molar-refractivity contribution is 5.89. The number of aromatic nitrogens is 5. The molecular formula is C21H22N8O. The Kier molecular flexibility index (Phi) is 4.64. The molecule has 4 N–H and O–H groups in total. The van der Waals surface area contributed by atoms with Crippen LogP contribution in [0.5, 0.6) is 0 Å². The maximum atomic E-state index is 5.64. The molecule has 0 atom stereocenters. The summed E-state index contributed by atoms with van der Waals surface area (Å²) in [6.07, 6.45) is 3.34. The SMILES string of the molecule is Cc1c(Nc2cc(-c3cnc(N)nc3)nc(N3CCOCC3)n2)[nH]c2ccccc12. The number of aryl methyl sites for hydroxylation is 1. The lowest BCUT2D eigenvalue weighted by Gasteiger charge is -2.27. The van der Waals surface area contributed by atoms with Crippen LogP contribution in [-0.2, 0) is 4.74 Å². The number of nitrogens with one attached hydrogen (secondary N) is 2. The van der Waals surface area contributed by atoms with E-state index in [1.807, 2.05) is 18.2 Å². The van der Waals surface area contributed by atoms with Crippen LogP contribution >= 0.6 is 0 Å². The van der Waals surface area contributed by atoms with Crippen molar-refractivity contribution >= 4 is 34.4 Å². The van der Waals surface area contributed by atoms with Gasteiger partial charge in [0.2, 0.25) is 11.9 Å². The van der Waals surface area contributed by atoms with E-state index in [1.165, 1.54) is 5.39 Å². The average molecular weight is 402 g/mol. The molecule has 0 bridgehead atoms. The van der Waals surface area contributed by atoms with E-state index in [0.29, 0.717) is 25.0 Å². The number of hydrogen-bond acceptors (Lipinski definition) is 8. The summed E-state index contributed by atoms with van der Waals surface area (Å²) in [5.74, 6) is 2.47. The lowest BCUT2D eigenvalue weighted by molar-refractivity contribution is 0.122. The number of benzene rings is 1. The largest absolute Gasteiger partial charge is 0.378 e. The van der Waals surface area contributed by atoms with E-state index in [2.05, 4.69) is 44.2 Å². The topological polar surface area (TPSA) is 118 Å². The van der Waals surface area contributed by atoms with E-state index in [-0.39, 0.29) is 5.95 Å². The van der Waals surface area contributed by atoms with Crippen molar-refractivity contribution in [2.24, 2.45) is 0 Å². The van der Waals surface area contributed by atoms with Crippen molar-refractivity contribution in [2.75, 3.05) is 42.3 Å². The number of fused-ring (bicyclic) bond motifs is 1. The molecule has 30 heavy (non-hydrogen) atoms. The second-order valence-electron chi connectivity index (χ2n) is 7.16. The summed E-state index contributed by atoms with van der Waals surface area (Å²) >= 11 is 0. The number of rotatable bonds is 4. The number of nitrogens with zero attached hydrogens (tertiary/aromatic N) is 5. The molecule has 1 saturated heterocycles. The van der Waals surface area contributed by atoms with Gasteiger partial charge in [0, 0.05) is 48.0 Å². The van der Waals surface area contributed by atoms with Gasteiger partial charge in [0.05, 0.1) is 18.9 Å². The smallest absolute Gasteiger partial charge is 0.228 e. The van der Waals surface area contributed by atoms with E-state index >= 15 is 0 Å². The van der Waals surface area contributed by atoms with Gasteiger partial charge in [-0.3, -0.25) is 0 Å². The molecule has 4 aromatic rings. The van der Waals surface area contributed by atoms with Crippen LogP contribution in [0, 0.1) is 6.92 Å². The third kappa shape index (κ3) is 3.50. The molecule has 0 aliphatic carbocycles. The summed E-state index contributed by atoms with van der Waals surface area (Å²) in [5, 5.41) is 4.61. The zero-order valence-electron chi connectivity index (χ0n) is 16.6. The maximum absolute atomic E-state index is 5.64. The van der Waals surface area contributed by atoms with Gasteiger partial charge in [-0.1, -0.05) is 18.2 Å². The fraction of sp³-hybridized carbons (Fsp3) is 0.238. The van der Waals surface area contributed by atoms with Gasteiger partial charge in [-0.05, 0) is 18.6 Å². The predicted octanol–water partition coefficient (Wildman–Crippen LogP) is 2.89. The highest BCUT2D eigenvalue weighted by atomic mass is 16.5. The van der Waals surface area contributed by atoms with Gasteiger partial charge in [0.1, 0.15) is 11.6 Å². The van der Waals surface area contributed by atoms with Gasteiger partial charge in [-0.15, -0.1) is 0 Å². The highest BCUT2D eigenvalue weighted by Crippen LogP contribution is 2.29. The van der Waals surface area contributed by atoms with Crippen LogP contribution in [0.2, 0.25) is 0 Å². The van der Waals surface area contributed by atoms with E-state index in [1.54, 1.807) is 12.4 Å². The molecule has 0 saturated carbocycles. The first kappa shape index (κ1) is 18.3. The molecule has 9 nitrogen and oxygen atoms in total. The number of nitrogens with two attached hydrogens (primary N) is 1. The molecule has 9 heteroatoms. The molecule has 1 aliphatic rings. The Balaban J connectivity index is 1.56. The summed E-state index contributed by atoms with van der Waals surface area (Å²) < 4.78 is 5.47. The van der Waals surface area contributed by atoms with Gasteiger partial charge in [-0.25, -0.2) is 15.0 Å². The van der Waals surface area contributed by atoms with Crippen molar-refractivity contribution in [1.82, 2.24) is 24.9 Å². The van der Waals surface area contributed by atoms with Crippen LogP contribution in [0.4, 0.5) is 23.5 Å². The number of nitrogen functional groups attached to an aromatic ring is 1. The quantitative estimate of drug-likeness (QED) is 0.477. The number of H-pyrrole nitrogens is 1. The van der Waals surface area contributed by atoms with Crippen molar-refractivity contribution in [2.45, 2.75) is 6.92 Å². The summed E-state index contributed by atoms with van der Waals surface area (Å²) in [6, 6.07) is 10.1. The van der Waals surface area contributed by atoms with Crippen molar-refractivity contribution in [3.05, 3.63) is 48.3 Å². The average Bonchev–Trinajstić information content (AvgIpc) is 3.10. The van der Waals surface area contributed by atoms with E-state index in [4.69, 9.17) is 20.4 Å². The minimum absolute atomic E-state index is 0.230. The van der Waals surface area contributed by atoms with Crippen LogP contribution < -0.4 is 16.0 Å². The molecule has 1 aromatic carbocycles. The fourth-order valence-electron chi connectivity index (χ4n) is 3.56. The van der Waals surface area contributed by atoms with Crippen LogP contribution in [0.3, 0.4) is 0 Å². The Morgan fingerprint density at radius 3 is 2.63 bits per heavy atom. The van der Waals surface area contributed by atoms with Gasteiger partial charge >= 0.3 is 0 Å². The number of hydrogen-bond donors (Lipinski definition) is 3. The Bertz CT molecular complexity index is 1180. The molecule has 5 rings (SSSR count). The minimum Gasteiger partial charge on any atom is -0.378 e. The van der Waals surface area contributed by atoms with E-state index in [0.717, 1.165) is 41.2 Å². The first-order chi connectivity index (χ1) is 14.7. The Labute approximate surface area is 173 Å². The van der Waals surface area contributed by atoms with Crippen molar-refractivity contribution in [1.29, 1.82) is 0 Å². The van der Waals surface area contributed by atoms with Gasteiger partial charge in [0.25, 0.3) is 0 Å². The van der Waals surface area contributed by atoms with Crippen molar-refractivity contribution in [3.8, 4) is 11.3 Å². The molecule has 0 amide bonds. The first-order valence-electron chi connectivity index (χ1n) is 9.81. The Morgan fingerprint density at radius 1 is 1.10 bits per heavy atom. The summed E-state index contributed by atoms with van der Waals surface area (Å²) in [5.41, 5.74) is 9.35. The van der Waals surface area contributed by atoms with E-state index in [9.17, 15) is 0 Å². The molecule has 152 valence electrons. The van der Waals surface area contributed by atoms with Crippen LogP contribution in [0.15, 0.2) is 42.7 Å². The lowest BCUT2D eigenvalue weighted by atomic mass is 10.2. The predicted molar refractivity (Wildman–Crippen MR) is 117 cm³/mol. The van der Waals surface area contributed by atoms with Gasteiger partial charge in [-0.2, -0.15) is 4.98 Å². The van der Waals surface area contributed by atoms with Crippen LogP contribution in [0.25, 0.3) is 22.2 Å². The Morgan fingerprint density at radius 2 is 1.87 bits per heavy atom. The molecule has 0 unspecified atom stereocenters. The first-order valence-corrected chi connectivity index (χ1v) is 9.81. The molecule has 3 aromatic heterocycles. The zero-order valence-corrected chi connectivity index (χ0v) is 16.6. The molecular weight excluding hydrogens is 380 g/mol. The standard InChI is InChI=1S/C21H22N8O/c1-13-15-4-2-3-5-16(15)25-19(13)27-18-10-17(14-11-23-20(22)24-12-14)26-21(28-18)29-6-8-30-9-7-29/h2-5,10-12,25H,6-9H2,1H3,(H2,22,23,24)(H,26,27,28). The molecule has 4 heterocycles. The zero-order chi connectivity index (χ0) is 20.5. The van der Waals surface area contributed by atoms with Gasteiger partial charge in [0.15, 0.2) is 0 Å². The fourth-order valence-corrected chi connectivity index (χ4v) is 3.56. The number of anilines is 4. The monoisotopic (exact) mass is 402 g/mol. The highest BCUT2D eigenvalue weighted by Gasteiger charge is 2.17. The summed E-state index contributed by atoms with van der Waals surface area (Å²) in [4.78, 5) is 23.3. The molecule has 1 aliphatic heterocycles. The third-order valence-electron chi connectivity index (χ3n) is 5.19. The summed E-state index contributed by atoms with van der Waals surface area (Å²) in [7, 11) is 0. The number of ether oxygens (including phenoxy) is 1. The normalized spacial score (nSPS) is 14.2. The van der Waals surface area contributed by atoms with Crippen LogP contribution in [0.1, 0.15) is 5.56 Å². The molecule has 0 spiro atoms. The van der Waals surface area contributed by atoms with Crippen LogP contribution in [-0.4, -0.2) is 51.2 Å². The second kappa shape index (κ2) is 7.60. The lowest BCUT2D eigenvalue weighted by Crippen LogP contribution is -2.37. The number of aromatic amines is 1. The van der Waals surface area contributed by atoms with Gasteiger partial charge < -0.3 is 25.7 Å². The van der Waals surface area contributed by atoms with Crippen molar-refractivity contribution < 1.29 is 4.74 Å². The van der Waals surface area contributed by atoms with Crippen molar-refractivity contribution in [3.63, 3.8) is 0 Å². The maximum Gasteiger partial charge on any atom is 0.228 e. The number of morpholine rings is 1. The molecule has 0 radical (unpaired) electrons. The molecule has 1 fully saturated rings. The van der Waals surface area contributed by atoms with E-state index < -0.39 is 0 Å².